The van der Waals surface area contributed by atoms with E-state index in [-0.39, 0.29) is 11.8 Å². The van der Waals surface area contributed by atoms with Crippen LogP contribution in [0.1, 0.15) is 25.6 Å². The van der Waals surface area contributed by atoms with Gasteiger partial charge in [0.25, 0.3) is 11.8 Å². The molecule has 0 aliphatic heterocycles. The van der Waals surface area contributed by atoms with E-state index >= 15 is 0 Å². The molecule has 0 radical (unpaired) electrons. The molecule has 5 nitrogen and oxygen atoms in total. The van der Waals surface area contributed by atoms with Crippen LogP contribution in [0.15, 0.2) is 66.2 Å². The standard InChI is InChI=1S/C22H18ClN3O2S/c23-15-7-8-17(19(12-15)26-22(28)20-6-3-11-29-20)21(27)24-10-9-14-13-25-18-5-2-1-4-16(14)18/h1-8,11-13,25H,9-10H2,(H,24,27)(H,26,28). The van der Waals surface area contributed by atoms with E-state index in [1.807, 2.05) is 29.8 Å². The summed E-state index contributed by atoms with van der Waals surface area (Å²) in [5.74, 6) is -0.530. The van der Waals surface area contributed by atoms with Crippen LogP contribution in [-0.2, 0) is 6.42 Å². The van der Waals surface area contributed by atoms with Crippen molar-refractivity contribution in [2.45, 2.75) is 6.42 Å². The third-order valence-corrected chi connectivity index (χ3v) is 5.68. The highest BCUT2D eigenvalue weighted by Crippen LogP contribution is 2.23. The molecular weight excluding hydrogens is 406 g/mol. The zero-order valence-corrected chi connectivity index (χ0v) is 16.9. The third kappa shape index (κ3) is 4.34. The number of fused-ring (bicyclic) bond motifs is 1. The molecular formula is C22H18ClN3O2S. The first-order chi connectivity index (χ1) is 14.1. The summed E-state index contributed by atoms with van der Waals surface area (Å²) < 4.78 is 0. The number of aromatic amines is 1. The zero-order valence-electron chi connectivity index (χ0n) is 15.4. The van der Waals surface area contributed by atoms with Crippen molar-refractivity contribution in [1.29, 1.82) is 0 Å². The first-order valence-electron chi connectivity index (χ1n) is 9.09. The number of para-hydroxylation sites is 1. The molecule has 29 heavy (non-hydrogen) atoms. The maximum absolute atomic E-state index is 12.7. The molecule has 0 atom stereocenters. The predicted molar refractivity (Wildman–Crippen MR) is 118 cm³/mol. The van der Waals surface area contributed by atoms with Crippen LogP contribution in [0.2, 0.25) is 5.02 Å². The lowest BCUT2D eigenvalue weighted by Gasteiger charge is -2.11. The number of halogens is 1. The SMILES string of the molecule is O=C(Nc1cc(Cl)ccc1C(=O)NCCc1c[nH]c2ccccc12)c1cccs1. The monoisotopic (exact) mass is 423 g/mol. The highest BCUT2D eigenvalue weighted by Gasteiger charge is 2.15. The lowest BCUT2D eigenvalue weighted by Crippen LogP contribution is -2.27. The van der Waals surface area contributed by atoms with Crippen LogP contribution >= 0.6 is 22.9 Å². The Balaban J connectivity index is 1.44. The first kappa shape index (κ1) is 19.2. The molecule has 4 rings (SSSR count). The van der Waals surface area contributed by atoms with Gasteiger partial charge in [-0.05, 0) is 47.7 Å². The molecule has 2 aromatic carbocycles. The molecule has 0 aliphatic carbocycles. The van der Waals surface area contributed by atoms with Gasteiger partial charge in [0.2, 0.25) is 0 Å². The summed E-state index contributed by atoms with van der Waals surface area (Å²) in [6, 6.07) is 16.4. The summed E-state index contributed by atoms with van der Waals surface area (Å²) in [7, 11) is 0. The highest BCUT2D eigenvalue weighted by atomic mass is 35.5. The lowest BCUT2D eigenvalue weighted by molar-refractivity contribution is 0.0955. The largest absolute Gasteiger partial charge is 0.361 e. The van der Waals surface area contributed by atoms with Crippen LogP contribution in [-0.4, -0.2) is 23.3 Å². The number of rotatable bonds is 6. The molecule has 0 saturated carbocycles. The fourth-order valence-corrected chi connectivity index (χ4v) is 3.94. The molecule has 0 aliphatic rings. The normalized spacial score (nSPS) is 10.8. The molecule has 3 N–H and O–H groups in total. The Morgan fingerprint density at radius 1 is 1.03 bits per heavy atom. The van der Waals surface area contributed by atoms with Crippen molar-refractivity contribution in [3.05, 3.63) is 87.2 Å². The number of carbonyl (C=O) groups is 2. The molecule has 2 aromatic heterocycles. The van der Waals surface area contributed by atoms with Crippen molar-refractivity contribution in [3.63, 3.8) is 0 Å². The molecule has 7 heteroatoms. The minimum atomic E-state index is -0.268. The molecule has 0 saturated heterocycles. The quantitative estimate of drug-likeness (QED) is 0.403. The van der Waals surface area contributed by atoms with Gasteiger partial charge in [0, 0.05) is 28.7 Å². The van der Waals surface area contributed by atoms with Crippen LogP contribution < -0.4 is 10.6 Å². The Labute approximate surface area is 176 Å². The number of hydrogen-bond donors (Lipinski definition) is 3. The number of H-pyrrole nitrogens is 1. The average molecular weight is 424 g/mol. The van der Waals surface area contributed by atoms with Gasteiger partial charge < -0.3 is 15.6 Å². The van der Waals surface area contributed by atoms with E-state index in [4.69, 9.17) is 11.6 Å². The van der Waals surface area contributed by atoms with Crippen molar-refractivity contribution < 1.29 is 9.59 Å². The van der Waals surface area contributed by atoms with Gasteiger partial charge in [0.1, 0.15) is 0 Å². The Morgan fingerprint density at radius 2 is 1.90 bits per heavy atom. The molecule has 146 valence electrons. The van der Waals surface area contributed by atoms with Gasteiger partial charge >= 0.3 is 0 Å². The molecule has 4 aromatic rings. The third-order valence-electron chi connectivity index (χ3n) is 4.57. The van der Waals surface area contributed by atoms with Gasteiger partial charge in [-0.1, -0.05) is 35.9 Å². The van der Waals surface area contributed by atoms with Crippen molar-refractivity contribution in [3.8, 4) is 0 Å². The van der Waals surface area contributed by atoms with E-state index in [0.29, 0.717) is 34.1 Å². The minimum Gasteiger partial charge on any atom is -0.361 e. The second kappa shape index (κ2) is 8.51. The van der Waals surface area contributed by atoms with E-state index in [2.05, 4.69) is 21.7 Å². The first-order valence-corrected chi connectivity index (χ1v) is 10.3. The topological polar surface area (TPSA) is 74.0 Å². The summed E-state index contributed by atoms with van der Waals surface area (Å²) in [4.78, 5) is 28.9. The van der Waals surface area contributed by atoms with Gasteiger partial charge in [-0.2, -0.15) is 0 Å². The van der Waals surface area contributed by atoms with Crippen LogP contribution in [0.5, 0.6) is 0 Å². The van der Waals surface area contributed by atoms with Crippen molar-refractivity contribution in [2.75, 3.05) is 11.9 Å². The van der Waals surface area contributed by atoms with E-state index in [9.17, 15) is 9.59 Å². The van der Waals surface area contributed by atoms with E-state index < -0.39 is 0 Å². The summed E-state index contributed by atoms with van der Waals surface area (Å²) in [6.45, 7) is 0.474. The molecule has 2 heterocycles. The number of thiophene rings is 1. The molecule has 0 fully saturated rings. The second-order valence-corrected chi connectivity index (χ2v) is 7.87. The van der Waals surface area contributed by atoms with Crippen LogP contribution in [0.4, 0.5) is 5.69 Å². The van der Waals surface area contributed by atoms with Crippen molar-refractivity contribution in [2.24, 2.45) is 0 Å². The maximum atomic E-state index is 12.7. The van der Waals surface area contributed by atoms with E-state index in [0.717, 1.165) is 16.5 Å². The summed E-state index contributed by atoms with van der Waals surface area (Å²) in [5, 5.41) is 9.13. The zero-order chi connectivity index (χ0) is 20.2. The number of anilines is 1. The molecule has 0 spiro atoms. The Kier molecular flexibility index (Phi) is 5.64. The van der Waals surface area contributed by atoms with Gasteiger partial charge in [0.05, 0.1) is 16.1 Å². The number of nitrogens with one attached hydrogen (secondary N) is 3. The highest BCUT2D eigenvalue weighted by molar-refractivity contribution is 7.12. The van der Waals surface area contributed by atoms with Crippen LogP contribution in [0.3, 0.4) is 0 Å². The lowest BCUT2D eigenvalue weighted by atomic mass is 10.1. The Bertz CT molecular complexity index is 1170. The number of carbonyl (C=O) groups excluding carboxylic acids is 2. The number of hydrogen-bond acceptors (Lipinski definition) is 3. The molecule has 0 bridgehead atoms. The van der Waals surface area contributed by atoms with Crippen LogP contribution in [0, 0.1) is 0 Å². The summed E-state index contributed by atoms with van der Waals surface area (Å²) in [6.07, 6.45) is 2.66. The van der Waals surface area contributed by atoms with Crippen molar-refractivity contribution in [1.82, 2.24) is 10.3 Å². The maximum Gasteiger partial charge on any atom is 0.265 e. The average Bonchev–Trinajstić information content (AvgIpc) is 3.38. The Hall–Kier alpha value is -3.09. The van der Waals surface area contributed by atoms with E-state index in [1.165, 1.54) is 11.3 Å². The fourth-order valence-electron chi connectivity index (χ4n) is 3.15. The van der Waals surface area contributed by atoms with Crippen LogP contribution in [0.25, 0.3) is 10.9 Å². The number of benzene rings is 2. The minimum absolute atomic E-state index is 0.261. The number of aromatic nitrogens is 1. The van der Waals surface area contributed by atoms with Crippen molar-refractivity contribution >= 4 is 51.3 Å². The van der Waals surface area contributed by atoms with Gasteiger partial charge in [-0.15, -0.1) is 11.3 Å². The predicted octanol–water partition coefficient (Wildman–Crippen LogP) is 5.11. The Morgan fingerprint density at radius 3 is 2.72 bits per heavy atom. The van der Waals surface area contributed by atoms with Gasteiger partial charge in [0.15, 0.2) is 0 Å². The van der Waals surface area contributed by atoms with Gasteiger partial charge in [-0.3, -0.25) is 9.59 Å². The van der Waals surface area contributed by atoms with E-state index in [1.54, 1.807) is 30.3 Å². The number of amides is 2. The summed E-state index contributed by atoms with van der Waals surface area (Å²) in [5.41, 5.74) is 2.98. The van der Waals surface area contributed by atoms with Gasteiger partial charge in [-0.25, -0.2) is 0 Å². The smallest absolute Gasteiger partial charge is 0.265 e. The molecule has 2 amide bonds. The molecule has 0 unspecified atom stereocenters. The summed E-state index contributed by atoms with van der Waals surface area (Å²) >= 11 is 7.41. The second-order valence-electron chi connectivity index (χ2n) is 6.49. The fraction of sp³-hybridized carbons (Fsp3) is 0.0909.